The van der Waals surface area contributed by atoms with Gasteiger partial charge in [0.2, 0.25) is 16.0 Å². The van der Waals surface area contributed by atoms with Gasteiger partial charge in [-0.1, -0.05) is 6.92 Å². The molecule has 0 spiro atoms. The molecule has 0 atom stereocenters. The number of aryl methyl sites for hydroxylation is 1. The summed E-state index contributed by atoms with van der Waals surface area (Å²) in [5.74, 6) is -0.0599. The first-order valence-electron chi connectivity index (χ1n) is 17.3. The zero-order valence-corrected chi connectivity index (χ0v) is 31.4. The molecule has 3 aromatic heterocycles. The molecule has 7 rings (SSSR count). The summed E-state index contributed by atoms with van der Waals surface area (Å²) in [4.78, 5) is 25.6. The van der Waals surface area contributed by atoms with Crippen LogP contribution in [0.2, 0.25) is 0 Å². The zero-order chi connectivity index (χ0) is 37.5. The predicted molar refractivity (Wildman–Crippen MR) is 204 cm³/mol. The molecular formula is C35H41F3N10O3S2. The van der Waals surface area contributed by atoms with E-state index in [2.05, 4.69) is 57.1 Å². The van der Waals surface area contributed by atoms with Crippen molar-refractivity contribution in [2.24, 2.45) is 0 Å². The second kappa shape index (κ2) is 14.7. The average molecular weight is 771 g/mol. The lowest BCUT2D eigenvalue weighted by Crippen LogP contribution is -2.52. The fourth-order valence-corrected chi connectivity index (χ4v) is 8.30. The third-order valence-corrected chi connectivity index (χ3v) is 11.9. The SMILES string of the molecule is CCc1cc(Nc2nc(Nc3ccc4nccnc4c3N(C)S(C)(=O)=O)c3ccsc3n2)c(OC(F)(F)F)cc1N1CCC(N2CCN(C)CC2)CC1. The van der Waals surface area contributed by atoms with Gasteiger partial charge in [-0.15, -0.1) is 24.5 Å². The molecule has 0 saturated carbocycles. The molecule has 2 aliphatic rings. The Bertz CT molecular complexity index is 2220. The van der Waals surface area contributed by atoms with Crippen molar-refractivity contribution in [3.8, 4) is 5.75 Å². The van der Waals surface area contributed by atoms with Gasteiger partial charge < -0.3 is 25.2 Å². The molecule has 0 bridgehead atoms. The van der Waals surface area contributed by atoms with Crippen LogP contribution in [0.3, 0.4) is 0 Å². The molecule has 2 N–H and O–H groups in total. The van der Waals surface area contributed by atoms with Crippen LogP contribution in [-0.2, 0) is 16.4 Å². The van der Waals surface area contributed by atoms with Gasteiger partial charge in [-0.2, -0.15) is 4.98 Å². The highest BCUT2D eigenvalue weighted by atomic mass is 32.2. The molecule has 2 fully saturated rings. The van der Waals surface area contributed by atoms with Crippen molar-refractivity contribution in [3.05, 3.63) is 53.7 Å². The number of rotatable bonds is 10. The monoisotopic (exact) mass is 770 g/mol. The van der Waals surface area contributed by atoms with Crippen molar-refractivity contribution >= 4 is 77.1 Å². The number of benzene rings is 2. The van der Waals surface area contributed by atoms with E-state index in [4.69, 9.17) is 0 Å². The third-order valence-electron chi connectivity index (χ3n) is 9.90. The van der Waals surface area contributed by atoms with Gasteiger partial charge in [0.05, 0.1) is 28.5 Å². The summed E-state index contributed by atoms with van der Waals surface area (Å²) >= 11 is 1.32. The van der Waals surface area contributed by atoms with Crippen LogP contribution in [0.15, 0.2) is 48.1 Å². The Labute approximate surface area is 309 Å². The highest BCUT2D eigenvalue weighted by molar-refractivity contribution is 7.92. The smallest absolute Gasteiger partial charge is 0.403 e. The first kappa shape index (κ1) is 36.8. The van der Waals surface area contributed by atoms with Gasteiger partial charge in [0, 0.05) is 76.5 Å². The lowest BCUT2D eigenvalue weighted by molar-refractivity contribution is -0.274. The highest BCUT2D eigenvalue weighted by Crippen LogP contribution is 2.41. The molecule has 282 valence electrons. The number of nitrogens with one attached hydrogen (secondary N) is 2. The van der Waals surface area contributed by atoms with Gasteiger partial charge >= 0.3 is 6.36 Å². The Morgan fingerprint density at radius 1 is 0.981 bits per heavy atom. The number of piperazine rings is 1. The van der Waals surface area contributed by atoms with Crippen LogP contribution in [0.1, 0.15) is 25.3 Å². The number of alkyl halides is 3. The first-order valence-corrected chi connectivity index (χ1v) is 20.1. The van der Waals surface area contributed by atoms with E-state index in [0.29, 0.717) is 50.9 Å². The van der Waals surface area contributed by atoms with E-state index in [1.165, 1.54) is 36.8 Å². The Morgan fingerprint density at radius 3 is 2.42 bits per heavy atom. The van der Waals surface area contributed by atoms with Crippen LogP contribution >= 0.6 is 11.3 Å². The van der Waals surface area contributed by atoms with Crippen LogP contribution < -0.4 is 24.6 Å². The molecule has 0 amide bonds. The number of halogens is 3. The van der Waals surface area contributed by atoms with Gasteiger partial charge in [0.25, 0.3) is 0 Å². The van der Waals surface area contributed by atoms with Gasteiger partial charge in [0.1, 0.15) is 21.9 Å². The average Bonchev–Trinajstić information content (AvgIpc) is 3.60. The molecule has 0 aliphatic carbocycles. The molecule has 0 radical (unpaired) electrons. The topological polar surface area (TPSA) is 132 Å². The number of aromatic nitrogens is 4. The molecule has 2 saturated heterocycles. The number of sulfonamides is 1. The summed E-state index contributed by atoms with van der Waals surface area (Å²) in [5, 5.41) is 8.71. The van der Waals surface area contributed by atoms with Gasteiger partial charge in [0.15, 0.2) is 5.75 Å². The van der Waals surface area contributed by atoms with E-state index >= 15 is 0 Å². The molecule has 18 heteroatoms. The first-order chi connectivity index (χ1) is 25.3. The highest BCUT2D eigenvalue weighted by Gasteiger charge is 2.34. The normalized spacial score (nSPS) is 16.7. The minimum atomic E-state index is -4.94. The lowest BCUT2D eigenvalue weighted by Gasteiger charge is -2.43. The Hall–Kier alpha value is -4.52. The molecule has 5 heterocycles. The summed E-state index contributed by atoms with van der Waals surface area (Å²) in [6, 6.07) is 8.79. The fourth-order valence-electron chi connectivity index (χ4n) is 7.02. The second-order valence-electron chi connectivity index (χ2n) is 13.3. The van der Waals surface area contributed by atoms with Crippen LogP contribution in [-0.4, -0.2) is 110 Å². The van der Waals surface area contributed by atoms with E-state index in [-0.39, 0.29) is 23.1 Å². The van der Waals surface area contributed by atoms with Crippen LogP contribution in [0.4, 0.5) is 47.7 Å². The van der Waals surface area contributed by atoms with Crippen LogP contribution in [0.5, 0.6) is 5.75 Å². The van der Waals surface area contributed by atoms with E-state index in [9.17, 15) is 21.6 Å². The van der Waals surface area contributed by atoms with Crippen molar-refractivity contribution in [1.29, 1.82) is 0 Å². The summed E-state index contributed by atoms with van der Waals surface area (Å²) < 4.78 is 72.9. The number of thiophene rings is 1. The minimum absolute atomic E-state index is 0.0240. The lowest BCUT2D eigenvalue weighted by atomic mass is 9.99. The third kappa shape index (κ3) is 8.05. The fraction of sp³-hybridized carbons (Fsp3) is 0.429. The molecule has 2 aliphatic heterocycles. The number of likely N-dealkylation sites (N-methyl/N-ethyl adjacent to an activating group) is 1. The summed E-state index contributed by atoms with van der Waals surface area (Å²) in [5.41, 5.74) is 3.11. The van der Waals surface area contributed by atoms with E-state index in [0.717, 1.165) is 68.2 Å². The maximum absolute atomic E-state index is 13.9. The molecular weight excluding hydrogens is 730 g/mol. The van der Waals surface area contributed by atoms with Crippen molar-refractivity contribution in [2.75, 3.05) is 79.5 Å². The predicted octanol–water partition coefficient (Wildman–Crippen LogP) is 6.19. The molecule has 13 nitrogen and oxygen atoms in total. The second-order valence-corrected chi connectivity index (χ2v) is 16.2. The molecule has 53 heavy (non-hydrogen) atoms. The van der Waals surface area contributed by atoms with Crippen molar-refractivity contribution < 1.29 is 26.3 Å². The number of nitrogens with zero attached hydrogens (tertiary/aromatic N) is 8. The van der Waals surface area contributed by atoms with Gasteiger partial charge in [-0.3, -0.25) is 19.2 Å². The van der Waals surface area contributed by atoms with E-state index in [1.807, 2.05) is 18.4 Å². The molecule has 0 unspecified atom stereocenters. The van der Waals surface area contributed by atoms with E-state index in [1.54, 1.807) is 18.2 Å². The summed E-state index contributed by atoms with van der Waals surface area (Å²) in [7, 11) is -0.168. The number of fused-ring (bicyclic) bond motifs is 2. The Morgan fingerprint density at radius 2 is 1.72 bits per heavy atom. The number of ether oxygens (including phenoxy) is 1. The number of piperidine rings is 1. The number of hydrogen-bond donors (Lipinski definition) is 2. The van der Waals surface area contributed by atoms with Gasteiger partial charge in [-0.05, 0) is 61.5 Å². The van der Waals surface area contributed by atoms with Crippen LogP contribution in [0, 0.1) is 0 Å². The Balaban J connectivity index is 1.22. The number of anilines is 6. The van der Waals surface area contributed by atoms with E-state index < -0.39 is 16.4 Å². The minimum Gasteiger partial charge on any atom is -0.403 e. The Kier molecular flexibility index (Phi) is 10.2. The standard InChI is InChI=1S/C35H41F3N10O3S2/c1-5-22-20-27(29(51-35(36,37)38)21-28(22)48-13-8-23(9-14-48)47-17-15-45(2)16-18-47)42-34-43-32(24-10-19-52-33(24)44-34)41-26-7-6-25-30(40-12-11-39-25)31(26)46(3)53(4,49)50/h6-7,10-12,19-21,23H,5,8-9,13-18H2,1-4H3,(H2,41,42,43,44). The van der Waals surface area contributed by atoms with Crippen LogP contribution in [0.25, 0.3) is 21.3 Å². The quantitative estimate of drug-likeness (QED) is 0.168. The maximum atomic E-state index is 13.9. The van der Waals surface area contributed by atoms with Crippen molar-refractivity contribution in [1.82, 2.24) is 29.7 Å². The van der Waals surface area contributed by atoms with Crippen molar-refractivity contribution in [3.63, 3.8) is 0 Å². The largest absolute Gasteiger partial charge is 0.573 e. The van der Waals surface area contributed by atoms with Crippen molar-refractivity contribution in [2.45, 2.75) is 38.6 Å². The summed E-state index contributed by atoms with van der Waals surface area (Å²) in [6.45, 7) is 7.55. The molecule has 2 aromatic carbocycles. The zero-order valence-electron chi connectivity index (χ0n) is 29.8. The molecule has 5 aromatic rings. The number of hydrogen-bond acceptors (Lipinski definition) is 13. The maximum Gasteiger partial charge on any atom is 0.573 e. The summed E-state index contributed by atoms with van der Waals surface area (Å²) in [6.07, 6.45) is 1.57. The van der Waals surface area contributed by atoms with Gasteiger partial charge in [-0.25, -0.2) is 13.4 Å².